The van der Waals surface area contributed by atoms with E-state index in [0.717, 1.165) is 0 Å². The molecule has 0 radical (unpaired) electrons. The van der Waals surface area contributed by atoms with Crippen molar-refractivity contribution in [2.75, 3.05) is 6.61 Å². The molecule has 0 bridgehead atoms. The first kappa shape index (κ1) is 13.2. The van der Waals surface area contributed by atoms with Crippen molar-refractivity contribution in [1.29, 1.82) is 0 Å². The van der Waals surface area contributed by atoms with Crippen molar-refractivity contribution in [1.82, 2.24) is 0 Å². The Morgan fingerprint density at radius 2 is 1.95 bits per heavy atom. The highest BCUT2D eigenvalue weighted by Gasteiger charge is 2.28. The normalized spacial score (nSPS) is 18.6. The monoisotopic (exact) mass is 293 g/mol. The van der Waals surface area contributed by atoms with Crippen molar-refractivity contribution in [2.45, 2.75) is 12.1 Å². The largest absolute Gasteiger partial charge is 0.486 e. The van der Waals surface area contributed by atoms with Gasteiger partial charge in [0, 0.05) is 5.02 Å². The summed E-state index contributed by atoms with van der Waals surface area (Å²) < 4.78 is 24.7. The molecule has 2 aromatic rings. The van der Waals surface area contributed by atoms with Gasteiger partial charge in [-0.15, -0.1) is 0 Å². The number of fused-ring (bicyclic) bond motifs is 1. The number of hydrogen-bond donors (Lipinski definition) is 1. The quantitative estimate of drug-likeness (QED) is 0.924. The van der Waals surface area contributed by atoms with E-state index < -0.39 is 12.1 Å². The minimum Gasteiger partial charge on any atom is -0.486 e. The van der Waals surface area contributed by atoms with Gasteiger partial charge in [0.05, 0.1) is 6.04 Å². The summed E-state index contributed by atoms with van der Waals surface area (Å²) >= 11 is 6.07. The molecule has 0 amide bonds. The lowest BCUT2D eigenvalue weighted by Gasteiger charge is -2.30. The lowest BCUT2D eigenvalue weighted by Crippen LogP contribution is -2.39. The molecular formula is C15H13ClFNO2. The highest BCUT2D eigenvalue weighted by atomic mass is 35.5. The number of benzene rings is 2. The molecule has 0 aromatic heterocycles. The molecule has 0 aliphatic carbocycles. The summed E-state index contributed by atoms with van der Waals surface area (Å²) in [5.74, 6) is 0.935. The molecular weight excluding hydrogens is 281 g/mol. The van der Waals surface area contributed by atoms with Crippen LogP contribution in [0.5, 0.6) is 11.5 Å². The van der Waals surface area contributed by atoms with Crippen molar-refractivity contribution < 1.29 is 13.9 Å². The van der Waals surface area contributed by atoms with Crippen molar-refractivity contribution in [3.8, 4) is 11.5 Å². The Bertz CT molecular complexity index is 635. The van der Waals surface area contributed by atoms with Gasteiger partial charge >= 0.3 is 0 Å². The van der Waals surface area contributed by atoms with Gasteiger partial charge in [0.1, 0.15) is 12.4 Å². The zero-order valence-electron chi connectivity index (χ0n) is 10.6. The fourth-order valence-electron chi connectivity index (χ4n) is 2.18. The fraction of sp³-hybridized carbons (Fsp3) is 0.200. The second-order valence-corrected chi connectivity index (χ2v) is 5.01. The lowest BCUT2D eigenvalue weighted by molar-refractivity contribution is 0.0721. The van der Waals surface area contributed by atoms with Gasteiger partial charge in [-0.2, -0.15) is 0 Å². The SMILES string of the molecule is NC(c1cc(F)ccc1Cl)C1COc2ccccc2O1. The highest BCUT2D eigenvalue weighted by molar-refractivity contribution is 6.31. The van der Waals surface area contributed by atoms with Gasteiger partial charge in [-0.1, -0.05) is 23.7 Å². The van der Waals surface area contributed by atoms with Crippen molar-refractivity contribution >= 4 is 11.6 Å². The maximum atomic E-state index is 13.3. The molecule has 3 nitrogen and oxygen atoms in total. The van der Waals surface area contributed by atoms with Crippen LogP contribution < -0.4 is 15.2 Å². The third-order valence-electron chi connectivity index (χ3n) is 3.25. The van der Waals surface area contributed by atoms with Gasteiger partial charge in [0.25, 0.3) is 0 Å². The molecule has 5 heteroatoms. The van der Waals surface area contributed by atoms with E-state index in [1.165, 1.54) is 18.2 Å². The van der Waals surface area contributed by atoms with Crippen LogP contribution in [0, 0.1) is 5.82 Å². The summed E-state index contributed by atoms with van der Waals surface area (Å²) in [5, 5.41) is 0.418. The maximum Gasteiger partial charge on any atom is 0.161 e. The van der Waals surface area contributed by atoms with E-state index in [4.69, 9.17) is 26.8 Å². The van der Waals surface area contributed by atoms with E-state index in [1.807, 2.05) is 18.2 Å². The number of nitrogens with two attached hydrogens (primary N) is 1. The van der Waals surface area contributed by atoms with E-state index in [-0.39, 0.29) is 5.82 Å². The number of para-hydroxylation sites is 2. The molecule has 0 saturated heterocycles. The van der Waals surface area contributed by atoms with Crippen LogP contribution in [0.3, 0.4) is 0 Å². The molecule has 1 heterocycles. The van der Waals surface area contributed by atoms with Gasteiger partial charge in [-0.05, 0) is 35.9 Å². The fourth-order valence-corrected chi connectivity index (χ4v) is 2.43. The Kier molecular flexibility index (Phi) is 3.51. The van der Waals surface area contributed by atoms with E-state index in [2.05, 4.69) is 0 Å². The predicted molar refractivity (Wildman–Crippen MR) is 74.7 cm³/mol. The Morgan fingerprint density at radius 1 is 1.20 bits per heavy atom. The number of hydrogen-bond acceptors (Lipinski definition) is 3. The van der Waals surface area contributed by atoms with Gasteiger partial charge in [-0.25, -0.2) is 4.39 Å². The first-order valence-corrected chi connectivity index (χ1v) is 6.62. The topological polar surface area (TPSA) is 44.5 Å². The van der Waals surface area contributed by atoms with Crippen molar-refractivity contribution in [3.63, 3.8) is 0 Å². The predicted octanol–water partition coefficient (Wildman–Crippen LogP) is 3.32. The molecule has 2 aromatic carbocycles. The Hall–Kier alpha value is -1.78. The third-order valence-corrected chi connectivity index (χ3v) is 3.59. The van der Waals surface area contributed by atoms with E-state index in [1.54, 1.807) is 6.07 Å². The molecule has 2 atom stereocenters. The zero-order valence-corrected chi connectivity index (χ0v) is 11.3. The number of rotatable bonds is 2. The molecule has 104 valence electrons. The Balaban J connectivity index is 1.85. The van der Waals surface area contributed by atoms with Crippen LogP contribution in [-0.4, -0.2) is 12.7 Å². The molecule has 20 heavy (non-hydrogen) atoms. The van der Waals surface area contributed by atoms with Gasteiger partial charge < -0.3 is 15.2 Å². The maximum absolute atomic E-state index is 13.3. The minimum absolute atomic E-state index is 0.297. The first-order chi connectivity index (χ1) is 9.65. The molecule has 2 N–H and O–H groups in total. The van der Waals surface area contributed by atoms with Crippen molar-refractivity contribution in [2.24, 2.45) is 5.73 Å². The van der Waals surface area contributed by atoms with Crippen molar-refractivity contribution in [3.05, 3.63) is 58.9 Å². The molecule has 1 aliphatic heterocycles. The van der Waals surface area contributed by atoms with Crippen LogP contribution in [0.1, 0.15) is 11.6 Å². The smallest absolute Gasteiger partial charge is 0.161 e. The van der Waals surface area contributed by atoms with Crippen LogP contribution in [0.2, 0.25) is 5.02 Å². The molecule has 3 rings (SSSR count). The second-order valence-electron chi connectivity index (χ2n) is 4.61. The lowest BCUT2D eigenvalue weighted by atomic mass is 10.0. The van der Waals surface area contributed by atoms with Crippen LogP contribution >= 0.6 is 11.6 Å². The summed E-state index contributed by atoms with van der Waals surface area (Å²) in [6.45, 7) is 0.297. The summed E-state index contributed by atoms with van der Waals surface area (Å²) in [4.78, 5) is 0. The van der Waals surface area contributed by atoms with Crippen LogP contribution in [-0.2, 0) is 0 Å². The zero-order chi connectivity index (χ0) is 14.1. The Morgan fingerprint density at radius 3 is 2.75 bits per heavy atom. The van der Waals surface area contributed by atoms with E-state index in [9.17, 15) is 4.39 Å². The average Bonchev–Trinajstić information content (AvgIpc) is 2.48. The first-order valence-electron chi connectivity index (χ1n) is 6.24. The third kappa shape index (κ3) is 2.44. The molecule has 0 saturated carbocycles. The summed E-state index contributed by atoms with van der Waals surface area (Å²) in [7, 11) is 0. The minimum atomic E-state index is -0.563. The molecule has 1 aliphatic rings. The van der Waals surface area contributed by atoms with Gasteiger partial charge in [0.2, 0.25) is 0 Å². The number of ether oxygens (including phenoxy) is 2. The van der Waals surface area contributed by atoms with Crippen LogP contribution in [0.25, 0.3) is 0 Å². The highest BCUT2D eigenvalue weighted by Crippen LogP contribution is 2.35. The summed E-state index contributed by atoms with van der Waals surface area (Å²) in [6, 6.07) is 10.9. The molecule has 0 fully saturated rings. The number of halogens is 2. The Labute approximate surface area is 121 Å². The average molecular weight is 294 g/mol. The second kappa shape index (κ2) is 5.31. The summed E-state index contributed by atoms with van der Waals surface area (Å²) in [6.07, 6.45) is -0.413. The van der Waals surface area contributed by atoms with E-state index in [0.29, 0.717) is 28.7 Å². The van der Waals surface area contributed by atoms with Gasteiger partial charge in [0.15, 0.2) is 17.6 Å². The van der Waals surface area contributed by atoms with Crippen LogP contribution in [0.4, 0.5) is 4.39 Å². The van der Waals surface area contributed by atoms with Crippen LogP contribution in [0.15, 0.2) is 42.5 Å². The standard InChI is InChI=1S/C15H13ClFNO2/c16-11-6-5-9(17)7-10(11)15(18)14-8-19-12-3-1-2-4-13(12)20-14/h1-7,14-15H,8,18H2. The van der Waals surface area contributed by atoms with E-state index >= 15 is 0 Å². The summed E-state index contributed by atoms with van der Waals surface area (Å²) in [5.41, 5.74) is 6.65. The molecule has 0 spiro atoms. The van der Waals surface area contributed by atoms with Gasteiger partial charge in [-0.3, -0.25) is 0 Å². The molecule has 2 unspecified atom stereocenters.